The number of nitrogens with zero attached hydrogens (tertiary/aromatic N) is 1. The van der Waals surface area contributed by atoms with Gasteiger partial charge < -0.3 is 19.7 Å². The van der Waals surface area contributed by atoms with Crippen LogP contribution in [0.1, 0.15) is 42.7 Å². The minimum Gasteiger partial charge on any atom is -0.481 e. The first-order chi connectivity index (χ1) is 11.1. The number of rotatable bonds is 4. The van der Waals surface area contributed by atoms with Crippen LogP contribution in [0, 0.1) is 5.92 Å². The van der Waals surface area contributed by atoms with Crippen LogP contribution in [0.15, 0.2) is 22.8 Å². The van der Waals surface area contributed by atoms with E-state index >= 15 is 0 Å². The van der Waals surface area contributed by atoms with Crippen LogP contribution in [0.25, 0.3) is 0 Å². The zero-order valence-electron chi connectivity index (χ0n) is 12.7. The highest BCUT2D eigenvalue weighted by atomic mass is 16.4. The van der Waals surface area contributed by atoms with E-state index in [1.165, 1.54) is 6.26 Å². The number of hydrogen-bond acceptors (Lipinski definition) is 4. The molecule has 7 heteroatoms. The molecule has 1 saturated carbocycles. The average Bonchev–Trinajstić information content (AvgIpc) is 3.03. The van der Waals surface area contributed by atoms with E-state index in [-0.39, 0.29) is 29.5 Å². The third kappa shape index (κ3) is 3.23. The Balaban J connectivity index is 1.61. The molecule has 2 heterocycles. The summed E-state index contributed by atoms with van der Waals surface area (Å²) in [5.41, 5.74) is 0. The summed E-state index contributed by atoms with van der Waals surface area (Å²) >= 11 is 0. The van der Waals surface area contributed by atoms with Crippen LogP contribution < -0.4 is 5.32 Å². The number of furan rings is 1. The Morgan fingerprint density at radius 3 is 2.70 bits per heavy atom. The Labute approximate surface area is 133 Å². The number of aliphatic carboxylic acids is 1. The molecule has 1 saturated heterocycles. The van der Waals surface area contributed by atoms with Crippen LogP contribution in [0.5, 0.6) is 0 Å². The van der Waals surface area contributed by atoms with E-state index in [1.807, 2.05) is 0 Å². The van der Waals surface area contributed by atoms with Crippen molar-refractivity contribution in [3.63, 3.8) is 0 Å². The molecule has 23 heavy (non-hydrogen) atoms. The molecule has 1 aromatic heterocycles. The smallest absolute Gasteiger partial charge is 0.306 e. The lowest BCUT2D eigenvalue weighted by Crippen LogP contribution is -2.56. The Hall–Kier alpha value is -2.31. The second-order valence-corrected chi connectivity index (χ2v) is 6.20. The molecule has 0 spiro atoms. The Morgan fingerprint density at radius 2 is 2.04 bits per heavy atom. The van der Waals surface area contributed by atoms with Gasteiger partial charge in [-0.05, 0) is 44.2 Å². The van der Waals surface area contributed by atoms with E-state index in [0.717, 1.165) is 12.8 Å². The van der Waals surface area contributed by atoms with Gasteiger partial charge >= 0.3 is 5.97 Å². The molecule has 2 fully saturated rings. The molecular weight excluding hydrogens is 300 g/mol. The molecule has 1 atom stereocenters. The fraction of sp³-hybridized carbons (Fsp3) is 0.562. The zero-order valence-corrected chi connectivity index (χ0v) is 12.7. The van der Waals surface area contributed by atoms with Crippen LogP contribution in [0.4, 0.5) is 0 Å². The number of amides is 2. The van der Waals surface area contributed by atoms with Gasteiger partial charge in [-0.2, -0.15) is 0 Å². The zero-order chi connectivity index (χ0) is 16.4. The molecule has 1 aliphatic carbocycles. The standard InChI is InChI=1S/C16H20N2O5/c19-14(17-11-8-10(9-11)16(21)22)12-4-1-2-6-18(12)15(20)13-5-3-7-23-13/h3,5,7,10-12H,1-2,4,6,8-9H2,(H,17,19)(H,21,22). The minimum atomic E-state index is -0.817. The topological polar surface area (TPSA) is 99.9 Å². The van der Waals surface area contributed by atoms with E-state index in [2.05, 4.69) is 5.32 Å². The normalized spacial score (nSPS) is 27.1. The Bertz CT molecular complexity index is 592. The first-order valence-corrected chi connectivity index (χ1v) is 7.94. The number of carbonyl (C=O) groups excluding carboxylic acids is 2. The lowest BCUT2D eigenvalue weighted by atomic mass is 9.80. The van der Waals surface area contributed by atoms with Gasteiger partial charge in [0.15, 0.2) is 5.76 Å². The number of carboxylic acids is 1. The molecule has 1 unspecified atom stereocenters. The van der Waals surface area contributed by atoms with Gasteiger partial charge in [-0.25, -0.2) is 0 Å². The van der Waals surface area contributed by atoms with Crippen molar-refractivity contribution in [2.24, 2.45) is 5.92 Å². The quantitative estimate of drug-likeness (QED) is 0.870. The van der Waals surface area contributed by atoms with E-state index < -0.39 is 12.0 Å². The van der Waals surface area contributed by atoms with E-state index in [0.29, 0.717) is 25.8 Å². The maximum atomic E-state index is 12.5. The fourth-order valence-electron chi connectivity index (χ4n) is 3.22. The van der Waals surface area contributed by atoms with Crippen LogP contribution in [-0.2, 0) is 9.59 Å². The third-order valence-corrected chi connectivity index (χ3v) is 4.63. The first kappa shape index (κ1) is 15.6. The van der Waals surface area contributed by atoms with E-state index in [4.69, 9.17) is 9.52 Å². The van der Waals surface area contributed by atoms with Gasteiger partial charge in [-0.3, -0.25) is 14.4 Å². The lowest BCUT2D eigenvalue weighted by Gasteiger charge is -2.38. The van der Waals surface area contributed by atoms with Crippen molar-refractivity contribution in [3.05, 3.63) is 24.2 Å². The third-order valence-electron chi connectivity index (χ3n) is 4.63. The van der Waals surface area contributed by atoms with Crippen LogP contribution in [0.3, 0.4) is 0 Å². The van der Waals surface area contributed by atoms with Gasteiger partial charge in [-0.15, -0.1) is 0 Å². The molecule has 124 valence electrons. The van der Waals surface area contributed by atoms with Crippen molar-refractivity contribution in [3.8, 4) is 0 Å². The van der Waals surface area contributed by atoms with Crippen molar-refractivity contribution in [1.29, 1.82) is 0 Å². The number of carbonyl (C=O) groups is 3. The van der Waals surface area contributed by atoms with E-state index in [9.17, 15) is 14.4 Å². The molecule has 2 amide bonds. The second-order valence-electron chi connectivity index (χ2n) is 6.20. The van der Waals surface area contributed by atoms with Gasteiger partial charge in [0.2, 0.25) is 5.91 Å². The molecule has 0 radical (unpaired) electrons. The van der Waals surface area contributed by atoms with Crippen molar-refractivity contribution in [2.75, 3.05) is 6.54 Å². The van der Waals surface area contributed by atoms with Crippen molar-refractivity contribution in [1.82, 2.24) is 10.2 Å². The second kappa shape index (κ2) is 6.44. The molecule has 2 aliphatic rings. The fourth-order valence-corrected chi connectivity index (χ4v) is 3.22. The Morgan fingerprint density at radius 1 is 1.26 bits per heavy atom. The molecule has 0 bridgehead atoms. The van der Waals surface area contributed by atoms with Gasteiger partial charge in [0.1, 0.15) is 6.04 Å². The van der Waals surface area contributed by atoms with Gasteiger partial charge in [0, 0.05) is 12.6 Å². The number of hydrogen-bond donors (Lipinski definition) is 2. The Kier molecular flexibility index (Phi) is 4.36. The summed E-state index contributed by atoms with van der Waals surface area (Å²) in [6, 6.07) is 2.62. The summed E-state index contributed by atoms with van der Waals surface area (Å²) < 4.78 is 5.14. The molecular formula is C16H20N2O5. The highest BCUT2D eigenvalue weighted by Gasteiger charge is 2.39. The highest BCUT2D eigenvalue weighted by Crippen LogP contribution is 2.28. The number of carboxylic acid groups (broad SMARTS) is 1. The summed E-state index contributed by atoms with van der Waals surface area (Å²) in [7, 11) is 0. The molecule has 1 aromatic rings. The number of likely N-dealkylation sites (tertiary alicyclic amines) is 1. The summed E-state index contributed by atoms with van der Waals surface area (Å²) in [4.78, 5) is 37.3. The van der Waals surface area contributed by atoms with Gasteiger partial charge in [0.25, 0.3) is 5.91 Å². The maximum absolute atomic E-state index is 12.5. The predicted octanol–water partition coefficient (Wildman–Crippen LogP) is 1.25. The first-order valence-electron chi connectivity index (χ1n) is 7.94. The van der Waals surface area contributed by atoms with Crippen molar-refractivity contribution >= 4 is 17.8 Å². The predicted molar refractivity (Wildman–Crippen MR) is 79.7 cm³/mol. The average molecular weight is 320 g/mol. The summed E-state index contributed by atoms with van der Waals surface area (Å²) in [5, 5.41) is 11.8. The largest absolute Gasteiger partial charge is 0.481 e. The van der Waals surface area contributed by atoms with Gasteiger partial charge in [0.05, 0.1) is 12.2 Å². The summed E-state index contributed by atoms with van der Waals surface area (Å²) in [5.74, 6) is -1.42. The SMILES string of the molecule is O=C(O)C1CC(NC(=O)C2CCCCN2C(=O)c2ccco2)C1. The summed E-state index contributed by atoms with van der Waals surface area (Å²) in [6.45, 7) is 0.528. The van der Waals surface area contributed by atoms with Crippen LogP contribution >= 0.6 is 0 Å². The van der Waals surface area contributed by atoms with Crippen LogP contribution in [0.2, 0.25) is 0 Å². The van der Waals surface area contributed by atoms with Gasteiger partial charge in [-0.1, -0.05) is 0 Å². The van der Waals surface area contributed by atoms with Crippen molar-refractivity contribution < 1.29 is 23.9 Å². The summed E-state index contributed by atoms with van der Waals surface area (Å²) in [6.07, 6.45) is 4.73. The lowest BCUT2D eigenvalue weighted by molar-refractivity contribution is -0.146. The minimum absolute atomic E-state index is 0.105. The van der Waals surface area contributed by atoms with Crippen LogP contribution in [-0.4, -0.2) is 46.4 Å². The maximum Gasteiger partial charge on any atom is 0.306 e. The highest BCUT2D eigenvalue weighted by molar-refractivity contribution is 5.95. The molecule has 2 N–H and O–H groups in total. The number of nitrogens with one attached hydrogen (secondary N) is 1. The van der Waals surface area contributed by atoms with E-state index in [1.54, 1.807) is 17.0 Å². The molecule has 1 aliphatic heterocycles. The monoisotopic (exact) mass is 320 g/mol. The molecule has 3 rings (SSSR count). The number of piperidine rings is 1. The molecule has 0 aromatic carbocycles. The molecule has 7 nitrogen and oxygen atoms in total. The van der Waals surface area contributed by atoms with Crippen molar-refractivity contribution in [2.45, 2.75) is 44.2 Å².